The maximum absolute atomic E-state index is 12.2. The lowest BCUT2D eigenvalue weighted by Gasteiger charge is -2.28. The molecule has 2 fully saturated rings. The summed E-state index contributed by atoms with van der Waals surface area (Å²) >= 11 is 0. The maximum atomic E-state index is 12.2. The fourth-order valence-electron chi connectivity index (χ4n) is 3.41. The monoisotopic (exact) mass is 282 g/mol. The van der Waals surface area contributed by atoms with E-state index < -0.39 is 5.97 Å². The number of hydrogen-bond acceptors (Lipinski definition) is 3. The minimum atomic E-state index is -0.757. The highest BCUT2D eigenvalue weighted by molar-refractivity contribution is 5.80. The highest BCUT2D eigenvalue weighted by Crippen LogP contribution is 2.29. The molecule has 0 aromatic rings. The maximum Gasteiger partial charge on any atom is 0.306 e. The molecule has 1 aliphatic carbocycles. The van der Waals surface area contributed by atoms with Crippen LogP contribution in [0, 0.1) is 11.8 Å². The van der Waals surface area contributed by atoms with E-state index in [9.17, 15) is 9.59 Å². The molecule has 2 N–H and O–H groups in total. The summed E-state index contributed by atoms with van der Waals surface area (Å²) in [5.41, 5.74) is 0. The van der Waals surface area contributed by atoms with Crippen LogP contribution in [0.15, 0.2) is 0 Å². The minimum absolute atomic E-state index is 0.0441. The van der Waals surface area contributed by atoms with Crippen LogP contribution in [0.1, 0.15) is 45.4 Å². The van der Waals surface area contributed by atoms with Gasteiger partial charge in [-0.15, -0.1) is 0 Å². The van der Waals surface area contributed by atoms with Gasteiger partial charge in [-0.25, -0.2) is 0 Å². The van der Waals surface area contributed by atoms with E-state index in [0.29, 0.717) is 12.8 Å². The molecule has 114 valence electrons. The van der Waals surface area contributed by atoms with Crippen molar-refractivity contribution in [2.24, 2.45) is 11.8 Å². The Morgan fingerprint density at radius 1 is 1.20 bits per heavy atom. The molecule has 3 unspecified atom stereocenters. The van der Waals surface area contributed by atoms with Gasteiger partial charge in [0.1, 0.15) is 0 Å². The van der Waals surface area contributed by atoms with E-state index in [-0.39, 0.29) is 23.8 Å². The summed E-state index contributed by atoms with van der Waals surface area (Å²) in [4.78, 5) is 25.6. The second kappa shape index (κ2) is 7.07. The van der Waals surface area contributed by atoms with Gasteiger partial charge in [-0.1, -0.05) is 6.42 Å². The largest absolute Gasteiger partial charge is 0.481 e. The number of nitrogens with one attached hydrogen (secondary N) is 1. The Bertz CT molecular complexity index is 353. The van der Waals surface area contributed by atoms with Crippen LogP contribution in [-0.2, 0) is 9.59 Å². The van der Waals surface area contributed by atoms with Crippen LogP contribution < -0.4 is 5.32 Å². The molecular weight excluding hydrogens is 256 g/mol. The predicted molar refractivity (Wildman–Crippen MR) is 76.4 cm³/mol. The van der Waals surface area contributed by atoms with Crippen LogP contribution in [0.4, 0.5) is 0 Å². The highest BCUT2D eigenvalue weighted by Gasteiger charge is 2.31. The third-order valence-corrected chi connectivity index (χ3v) is 4.51. The number of carbonyl (C=O) groups is 2. The first kappa shape index (κ1) is 15.3. The number of aliphatic carboxylic acids is 1. The fourth-order valence-corrected chi connectivity index (χ4v) is 3.41. The summed E-state index contributed by atoms with van der Waals surface area (Å²) in [7, 11) is 0. The van der Waals surface area contributed by atoms with Crippen LogP contribution in [0.25, 0.3) is 0 Å². The van der Waals surface area contributed by atoms with Crippen molar-refractivity contribution in [3.8, 4) is 0 Å². The Labute approximate surface area is 120 Å². The Hall–Kier alpha value is -1.10. The Morgan fingerprint density at radius 2 is 1.85 bits per heavy atom. The predicted octanol–water partition coefficient (Wildman–Crippen LogP) is 1.48. The lowest BCUT2D eigenvalue weighted by molar-refractivity contribution is -0.144. The van der Waals surface area contributed by atoms with Crippen molar-refractivity contribution in [1.82, 2.24) is 10.2 Å². The molecule has 1 aliphatic heterocycles. The summed E-state index contributed by atoms with van der Waals surface area (Å²) in [5, 5.41) is 12.1. The number of amides is 1. The second-order valence-electron chi connectivity index (χ2n) is 6.32. The molecule has 0 radical (unpaired) electrons. The topological polar surface area (TPSA) is 69.6 Å². The van der Waals surface area contributed by atoms with E-state index in [2.05, 4.69) is 10.2 Å². The van der Waals surface area contributed by atoms with Gasteiger partial charge in [-0.3, -0.25) is 9.59 Å². The minimum Gasteiger partial charge on any atom is -0.481 e. The SMILES string of the molecule is CC(CN1CCCC1)NC(=O)C1CCCC(C(=O)O)C1. The Balaban J connectivity index is 1.76. The molecule has 2 rings (SSSR count). The first-order chi connectivity index (χ1) is 9.56. The highest BCUT2D eigenvalue weighted by atomic mass is 16.4. The zero-order valence-corrected chi connectivity index (χ0v) is 12.3. The van der Waals surface area contributed by atoms with Gasteiger partial charge in [0.2, 0.25) is 5.91 Å². The van der Waals surface area contributed by atoms with E-state index in [0.717, 1.165) is 32.5 Å². The summed E-state index contributed by atoms with van der Waals surface area (Å²) in [6.07, 6.45) is 5.38. The zero-order chi connectivity index (χ0) is 14.5. The smallest absolute Gasteiger partial charge is 0.306 e. The first-order valence-corrected chi connectivity index (χ1v) is 7.82. The van der Waals surface area contributed by atoms with Gasteiger partial charge < -0.3 is 15.3 Å². The number of carbonyl (C=O) groups excluding carboxylic acids is 1. The summed E-state index contributed by atoms with van der Waals surface area (Å²) in [6.45, 7) is 5.20. The number of likely N-dealkylation sites (tertiary alicyclic amines) is 1. The molecular formula is C15H26N2O3. The lowest BCUT2D eigenvalue weighted by Crippen LogP contribution is -2.44. The quantitative estimate of drug-likeness (QED) is 0.801. The van der Waals surface area contributed by atoms with Crippen molar-refractivity contribution in [3.05, 3.63) is 0 Å². The molecule has 0 spiro atoms. The molecule has 0 aromatic carbocycles. The number of rotatable bonds is 5. The molecule has 0 bridgehead atoms. The van der Waals surface area contributed by atoms with Gasteiger partial charge in [0.25, 0.3) is 0 Å². The number of carboxylic acid groups (broad SMARTS) is 1. The average molecular weight is 282 g/mol. The molecule has 1 saturated carbocycles. The molecule has 0 aromatic heterocycles. The van der Waals surface area contributed by atoms with Crippen LogP contribution in [-0.4, -0.2) is 47.6 Å². The van der Waals surface area contributed by atoms with Crippen molar-refractivity contribution in [2.45, 2.75) is 51.5 Å². The molecule has 3 atom stereocenters. The van der Waals surface area contributed by atoms with Crippen molar-refractivity contribution >= 4 is 11.9 Å². The van der Waals surface area contributed by atoms with Crippen LogP contribution in [0.3, 0.4) is 0 Å². The normalized spacial score (nSPS) is 29.1. The van der Waals surface area contributed by atoms with Crippen molar-refractivity contribution in [1.29, 1.82) is 0 Å². The van der Waals surface area contributed by atoms with Gasteiger partial charge in [0.15, 0.2) is 0 Å². The molecule has 1 heterocycles. The summed E-state index contributed by atoms with van der Waals surface area (Å²) < 4.78 is 0. The molecule has 5 heteroatoms. The van der Waals surface area contributed by atoms with Gasteiger partial charge in [-0.05, 0) is 52.1 Å². The Kier molecular flexibility index (Phi) is 5.40. The van der Waals surface area contributed by atoms with Crippen LogP contribution in [0.2, 0.25) is 0 Å². The van der Waals surface area contributed by atoms with E-state index in [1.54, 1.807) is 0 Å². The molecule has 1 saturated heterocycles. The zero-order valence-electron chi connectivity index (χ0n) is 12.3. The number of hydrogen-bond donors (Lipinski definition) is 2. The van der Waals surface area contributed by atoms with Crippen LogP contribution >= 0.6 is 0 Å². The van der Waals surface area contributed by atoms with Gasteiger partial charge in [0.05, 0.1) is 5.92 Å². The molecule has 2 aliphatic rings. The number of carboxylic acids is 1. The van der Waals surface area contributed by atoms with Gasteiger partial charge in [0, 0.05) is 18.5 Å². The van der Waals surface area contributed by atoms with E-state index in [1.165, 1.54) is 12.8 Å². The van der Waals surface area contributed by atoms with E-state index in [4.69, 9.17) is 5.11 Å². The van der Waals surface area contributed by atoms with Gasteiger partial charge >= 0.3 is 5.97 Å². The molecule has 1 amide bonds. The summed E-state index contributed by atoms with van der Waals surface area (Å²) in [6, 6.07) is 0.144. The first-order valence-electron chi connectivity index (χ1n) is 7.82. The third kappa shape index (κ3) is 4.20. The summed E-state index contributed by atoms with van der Waals surface area (Å²) in [5.74, 6) is -1.17. The Morgan fingerprint density at radius 3 is 2.50 bits per heavy atom. The van der Waals surface area contributed by atoms with E-state index >= 15 is 0 Å². The van der Waals surface area contributed by atoms with Crippen molar-refractivity contribution in [3.63, 3.8) is 0 Å². The standard InChI is InChI=1S/C15H26N2O3/c1-11(10-17-7-2-3-8-17)16-14(18)12-5-4-6-13(9-12)15(19)20/h11-13H,2-10H2,1H3,(H,16,18)(H,19,20). The van der Waals surface area contributed by atoms with Crippen molar-refractivity contribution in [2.75, 3.05) is 19.6 Å². The third-order valence-electron chi connectivity index (χ3n) is 4.51. The number of nitrogens with zero attached hydrogens (tertiary/aromatic N) is 1. The average Bonchev–Trinajstić information content (AvgIpc) is 2.91. The molecule has 5 nitrogen and oxygen atoms in total. The van der Waals surface area contributed by atoms with Gasteiger partial charge in [-0.2, -0.15) is 0 Å². The lowest BCUT2D eigenvalue weighted by atomic mass is 9.81. The second-order valence-corrected chi connectivity index (χ2v) is 6.32. The fraction of sp³-hybridized carbons (Fsp3) is 0.867. The van der Waals surface area contributed by atoms with Crippen LogP contribution in [0.5, 0.6) is 0 Å². The molecule has 20 heavy (non-hydrogen) atoms. The van der Waals surface area contributed by atoms with E-state index in [1.807, 2.05) is 6.92 Å². The van der Waals surface area contributed by atoms with Crippen molar-refractivity contribution < 1.29 is 14.7 Å².